The van der Waals surface area contributed by atoms with E-state index >= 15 is 0 Å². The number of carbonyl (C=O) groups is 1. The van der Waals surface area contributed by atoms with Crippen molar-refractivity contribution in [2.45, 2.75) is 23.9 Å². The highest BCUT2D eigenvalue weighted by molar-refractivity contribution is 7.89. The molecule has 2 aromatic carbocycles. The summed E-state index contributed by atoms with van der Waals surface area (Å²) in [5.41, 5.74) is 0.817. The molecule has 1 aromatic heterocycles. The second kappa shape index (κ2) is 9.55. The van der Waals surface area contributed by atoms with Crippen LogP contribution in [0, 0.1) is 11.6 Å². The summed E-state index contributed by atoms with van der Waals surface area (Å²) in [6.45, 7) is -0.0572. The summed E-state index contributed by atoms with van der Waals surface area (Å²) in [6.07, 6.45) is 2.80. The molecule has 158 valence electrons. The average molecular weight is 435 g/mol. The molecular formula is C19H19F2N5O3S. The number of rotatable bonds is 9. The Hall–Kier alpha value is -3.18. The van der Waals surface area contributed by atoms with Gasteiger partial charge in [0.25, 0.3) is 0 Å². The van der Waals surface area contributed by atoms with Crippen molar-refractivity contribution in [2.24, 2.45) is 0 Å². The molecule has 3 aromatic rings. The summed E-state index contributed by atoms with van der Waals surface area (Å²) in [7, 11) is -4.44. The molecule has 0 saturated carbocycles. The molecule has 0 aliphatic heterocycles. The van der Waals surface area contributed by atoms with Gasteiger partial charge in [-0.1, -0.05) is 36.4 Å². The van der Waals surface area contributed by atoms with Crippen molar-refractivity contribution in [3.8, 4) is 0 Å². The number of nitrogens with one attached hydrogen (secondary N) is 2. The first-order chi connectivity index (χ1) is 14.4. The highest BCUT2D eigenvalue weighted by Crippen LogP contribution is 2.18. The molecule has 2 N–H and O–H groups in total. The number of hydrogen-bond acceptors (Lipinski definition) is 5. The van der Waals surface area contributed by atoms with E-state index < -0.39 is 38.5 Å². The minimum atomic E-state index is -4.44. The second-order valence-electron chi connectivity index (χ2n) is 6.31. The molecule has 30 heavy (non-hydrogen) atoms. The van der Waals surface area contributed by atoms with E-state index in [2.05, 4.69) is 15.5 Å². The third-order valence-corrected chi connectivity index (χ3v) is 5.69. The molecule has 1 amide bonds. The van der Waals surface area contributed by atoms with Gasteiger partial charge in [0.1, 0.15) is 11.6 Å². The molecule has 0 bridgehead atoms. The Morgan fingerprint density at radius 2 is 1.63 bits per heavy atom. The van der Waals surface area contributed by atoms with Gasteiger partial charge in [-0.3, -0.25) is 4.79 Å². The van der Waals surface area contributed by atoms with Crippen LogP contribution in [-0.4, -0.2) is 35.9 Å². The van der Waals surface area contributed by atoms with Crippen LogP contribution in [0.15, 0.2) is 65.8 Å². The van der Waals surface area contributed by atoms with E-state index in [4.69, 9.17) is 0 Å². The van der Waals surface area contributed by atoms with Crippen molar-refractivity contribution in [3.63, 3.8) is 0 Å². The van der Waals surface area contributed by atoms with E-state index in [1.807, 2.05) is 35.1 Å². The van der Waals surface area contributed by atoms with Crippen molar-refractivity contribution < 1.29 is 22.0 Å². The third-order valence-electron chi connectivity index (χ3n) is 4.18. The first-order valence-electron chi connectivity index (χ1n) is 8.99. The van der Waals surface area contributed by atoms with Gasteiger partial charge in [-0.2, -0.15) is 15.0 Å². The zero-order valence-electron chi connectivity index (χ0n) is 15.7. The maximum absolute atomic E-state index is 13.7. The molecule has 3 rings (SSSR count). The monoisotopic (exact) mass is 435 g/mol. The number of halogens is 2. The van der Waals surface area contributed by atoms with Gasteiger partial charge in [0.05, 0.1) is 25.0 Å². The Morgan fingerprint density at radius 3 is 2.27 bits per heavy atom. The fourth-order valence-electron chi connectivity index (χ4n) is 2.80. The largest absolute Gasteiger partial charge is 0.347 e. The number of sulfonamides is 1. The summed E-state index contributed by atoms with van der Waals surface area (Å²) in [5.74, 6) is -2.86. The summed E-state index contributed by atoms with van der Waals surface area (Å²) < 4.78 is 53.8. The van der Waals surface area contributed by atoms with E-state index in [0.29, 0.717) is 0 Å². The van der Waals surface area contributed by atoms with E-state index in [-0.39, 0.29) is 19.5 Å². The Kier molecular flexibility index (Phi) is 6.85. The van der Waals surface area contributed by atoms with Crippen molar-refractivity contribution in [1.82, 2.24) is 25.0 Å². The van der Waals surface area contributed by atoms with E-state index in [1.54, 1.807) is 0 Å². The highest BCUT2D eigenvalue weighted by atomic mass is 32.2. The number of nitrogens with zero attached hydrogens (tertiary/aromatic N) is 3. The van der Waals surface area contributed by atoms with Gasteiger partial charge in [-0.25, -0.2) is 21.9 Å². The van der Waals surface area contributed by atoms with Crippen LogP contribution in [0.4, 0.5) is 8.78 Å². The second-order valence-corrected chi connectivity index (χ2v) is 8.02. The Balaban J connectivity index is 1.62. The molecule has 1 heterocycles. The molecule has 8 nitrogen and oxygen atoms in total. The highest BCUT2D eigenvalue weighted by Gasteiger charge is 2.24. The zero-order chi connectivity index (χ0) is 21.6. The van der Waals surface area contributed by atoms with Crippen LogP contribution in [0.25, 0.3) is 0 Å². The number of carbonyl (C=O) groups excluding carboxylic acids is 1. The Labute approximate surface area is 172 Å². The van der Waals surface area contributed by atoms with Crippen LogP contribution in [-0.2, 0) is 21.4 Å². The molecule has 1 atom stereocenters. The molecule has 11 heteroatoms. The number of amides is 1. The topological polar surface area (TPSA) is 106 Å². The van der Waals surface area contributed by atoms with Crippen LogP contribution < -0.4 is 10.0 Å². The van der Waals surface area contributed by atoms with Crippen molar-refractivity contribution in [2.75, 3.05) is 6.54 Å². The lowest BCUT2D eigenvalue weighted by Gasteiger charge is -2.19. The van der Waals surface area contributed by atoms with Gasteiger partial charge >= 0.3 is 0 Å². The maximum Gasteiger partial charge on any atom is 0.246 e. The molecule has 0 fully saturated rings. The standard InChI is InChI=1S/C19H19F2N5O3S/c20-15-7-4-8-16(21)19(15)30(28,29)24-10-9-18(27)25-17(13-26-22-11-12-23-26)14-5-2-1-3-6-14/h1-8,11-12,17,24H,9-10,13H2,(H,25,27). The lowest BCUT2D eigenvalue weighted by molar-refractivity contribution is -0.121. The Bertz CT molecular complexity index is 1070. The van der Waals surface area contributed by atoms with Gasteiger partial charge < -0.3 is 5.32 Å². The number of hydrogen-bond donors (Lipinski definition) is 2. The zero-order valence-corrected chi connectivity index (χ0v) is 16.5. The quantitative estimate of drug-likeness (QED) is 0.533. The lowest BCUT2D eigenvalue weighted by Crippen LogP contribution is -2.35. The van der Waals surface area contributed by atoms with Crippen molar-refractivity contribution in [1.29, 1.82) is 0 Å². The number of benzene rings is 2. The fourth-order valence-corrected chi connectivity index (χ4v) is 3.96. The SMILES string of the molecule is O=C(CCNS(=O)(=O)c1c(F)cccc1F)NC(Cn1nccn1)c1ccccc1. The molecule has 0 aliphatic carbocycles. The number of aromatic nitrogens is 3. The molecule has 0 aliphatic rings. The van der Waals surface area contributed by atoms with Crippen LogP contribution in [0.3, 0.4) is 0 Å². The first-order valence-corrected chi connectivity index (χ1v) is 10.5. The normalized spacial score (nSPS) is 12.5. The maximum atomic E-state index is 13.7. The van der Waals surface area contributed by atoms with Crippen LogP contribution in [0.2, 0.25) is 0 Å². The van der Waals surface area contributed by atoms with Gasteiger partial charge in [-0.15, -0.1) is 0 Å². The van der Waals surface area contributed by atoms with Gasteiger partial charge in [0, 0.05) is 13.0 Å². The molecule has 0 saturated heterocycles. The van der Waals surface area contributed by atoms with Gasteiger partial charge in [0.2, 0.25) is 15.9 Å². The van der Waals surface area contributed by atoms with Gasteiger partial charge in [0.15, 0.2) is 4.90 Å². The smallest absolute Gasteiger partial charge is 0.246 e. The van der Waals surface area contributed by atoms with Gasteiger partial charge in [-0.05, 0) is 17.7 Å². The van der Waals surface area contributed by atoms with Crippen molar-refractivity contribution in [3.05, 3.63) is 78.1 Å². The summed E-state index contributed by atoms with van der Waals surface area (Å²) in [5, 5.41) is 10.8. The first kappa shape index (κ1) is 21.5. The predicted molar refractivity (Wildman–Crippen MR) is 104 cm³/mol. The summed E-state index contributed by atoms with van der Waals surface area (Å²) in [6, 6.07) is 11.4. The molecule has 1 unspecified atom stereocenters. The minimum Gasteiger partial charge on any atom is -0.347 e. The molecule has 0 spiro atoms. The van der Waals surface area contributed by atoms with E-state index in [0.717, 1.165) is 23.8 Å². The third kappa shape index (κ3) is 5.45. The predicted octanol–water partition coefficient (Wildman–Crippen LogP) is 1.78. The van der Waals surface area contributed by atoms with Crippen LogP contribution >= 0.6 is 0 Å². The lowest BCUT2D eigenvalue weighted by atomic mass is 10.1. The summed E-state index contributed by atoms with van der Waals surface area (Å²) in [4.78, 5) is 12.7. The van der Waals surface area contributed by atoms with Crippen LogP contribution in [0.1, 0.15) is 18.0 Å². The molecule has 0 radical (unpaired) electrons. The average Bonchev–Trinajstić information content (AvgIpc) is 3.21. The fraction of sp³-hybridized carbons (Fsp3) is 0.211. The Morgan fingerprint density at radius 1 is 1.00 bits per heavy atom. The summed E-state index contributed by atoms with van der Waals surface area (Å²) >= 11 is 0. The molecular weight excluding hydrogens is 416 g/mol. The van der Waals surface area contributed by atoms with E-state index in [9.17, 15) is 22.0 Å². The van der Waals surface area contributed by atoms with Crippen LogP contribution in [0.5, 0.6) is 0 Å². The van der Waals surface area contributed by atoms with E-state index in [1.165, 1.54) is 17.2 Å². The van der Waals surface area contributed by atoms with Crippen molar-refractivity contribution >= 4 is 15.9 Å². The minimum absolute atomic E-state index is 0.231.